The molecule has 0 aliphatic heterocycles. The maximum atomic E-state index is 12.1. The molecule has 1 atom stereocenters. The number of hydrogen-bond acceptors (Lipinski definition) is 2. The Hall–Kier alpha value is -1.31. The van der Waals surface area contributed by atoms with Gasteiger partial charge in [0, 0.05) is 31.7 Å². The van der Waals surface area contributed by atoms with E-state index < -0.39 is 0 Å². The van der Waals surface area contributed by atoms with E-state index in [1.165, 1.54) is 19.3 Å². The highest BCUT2D eigenvalue weighted by Crippen LogP contribution is 2.05. The zero-order valence-electron chi connectivity index (χ0n) is 16.6. The molecule has 1 aromatic rings. The van der Waals surface area contributed by atoms with E-state index in [1.807, 2.05) is 31.2 Å². The largest absolute Gasteiger partial charge is 0.356 e. The van der Waals surface area contributed by atoms with Crippen LogP contribution in [0.5, 0.6) is 0 Å². The molecule has 148 valence electrons. The summed E-state index contributed by atoms with van der Waals surface area (Å²) in [5, 5.41) is 9.61. The lowest BCUT2D eigenvalue weighted by Gasteiger charge is -2.13. The van der Waals surface area contributed by atoms with E-state index in [4.69, 9.17) is 0 Å². The van der Waals surface area contributed by atoms with Gasteiger partial charge in [0.2, 0.25) is 0 Å². The molecule has 0 aliphatic carbocycles. The third kappa shape index (κ3) is 9.99. The van der Waals surface area contributed by atoms with Gasteiger partial charge in [-0.15, -0.1) is 24.0 Å². The van der Waals surface area contributed by atoms with Gasteiger partial charge in [-0.1, -0.05) is 45.2 Å². The van der Waals surface area contributed by atoms with Gasteiger partial charge in [-0.05, 0) is 37.5 Å². The normalized spacial score (nSPS) is 12.1. The number of hydrogen-bond donors (Lipinski definition) is 3. The van der Waals surface area contributed by atoms with Crippen LogP contribution in [-0.4, -0.2) is 31.5 Å². The lowest BCUT2D eigenvalue weighted by molar-refractivity contribution is 0.0939. The van der Waals surface area contributed by atoms with Gasteiger partial charge in [0.1, 0.15) is 0 Å². The van der Waals surface area contributed by atoms with E-state index in [0.29, 0.717) is 12.1 Å². The Bertz CT molecular complexity index is 531. The predicted octanol–water partition coefficient (Wildman–Crippen LogP) is 4.08. The highest BCUT2D eigenvalue weighted by Gasteiger charge is 2.08. The number of guanidine groups is 1. The fraction of sp³-hybridized carbons (Fsp3) is 0.600. The third-order valence-corrected chi connectivity index (χ3v) is 4.21. The highest BCUT2D eigenvalue weighted by atomic mass is 127. The summed E-state index contributed by atoms with van der Waals surface area (Å²) in [6.45, 7) is 7.91. The SMILES string of the molecule is CCCCCCNC(=NC)NCc1ccc(C(=O)NC(C)CC)cc1.I. The van der Waals surface area contributed by atoms with Crippen molar-refractivity contribution in [3.05, 3.63) is 35.4 Å². The summed E-state index contributed by atoms with van der Waals surface area (Å²) in [5.74, 6) is 0.800. The van der Waals surface area contributed by atoms with Crippen LogP contribution in [-0.2, 0) is 6.54 Å². The first-order valence-corrected chi connectivity index (χ1v) is 9.45. The molecule has 1 amide bonds. The van der Waals surface area contributed by atoms with Crippen molar-refractivity contribution in [1.29, 1.82) is 0 Å². The second kappa shape index (κ2) is 14.8. The number of amides is 1. The molecular formula is C20H35IN4O. The van der Waals surface area contributed by atoms with Crippen LogP contribution < -0.4 is 16.0 Å². The van der Waals surface area contributed by atoms with Gasteiger partial charge < -0.3 is 16.0 Å². The van der Waals surface area contributed by atoms with Crippen LogP contribution in [0.3, 0.4) is 0 Å². The van der Waals surface area contributed by atoms with Crippen molar-refractivity contribution in [3.8, 4) is 0 Å². The number of nitrogens with one attached hydrogen (secondary N) is 3. The fourth-order valence-corrected chi connectivity index (χ4v) is 2.35. The van der Waals surface area contributed by atoms with Gasteiger partial charge >= 0.3 is 0 Å². The Morgan fingerprint density at radius 3 is 2.35 bits per heavy atom. The van der Waals surface area contributed by atoms with Crippen LogP contribution in [0.2, 0.25) is 0 Å². The van der Waals surface area contributed by atoms with Gasteiger partial charge in [0.15, 0.2) is 5.96 Å². The Balaban J connectivity index is 0.00000625. The topological polar surface area (TPSA) is 65.5 Å². The average Bonchev–Trinajstić information content (AvgIpc) is 2.64. The molecule has 5 nitrogen and oxygen atoms in total. The van der Waals surface area contributed by atoms with Crippen LogP contribution in [0.4, 0.5) is 0 Å². The number of unbranched alkanes of at least 4 members (excludes halogenated alkanes) is 3. The summed E-state index contributed by atoms with van der Waals surface area (Å²) in [6.07, 6.45) is 5.87. The number of rotatable bonds is 10. The first-order valence-electron chi connectivity index (χ1n) is 9.45. The van der Waals surface area contributed by atoms with E-state index in [0.717, 1.165) is 30.9 Å². The van der Waals surface area contributed by atoms with Crippen molar-refractivity contribution in [1.82, 2.24) is 16.0 Å². The van der Waals surface area contributed by atoms with Gasteiger partial charge in [-0.25, -0.2) is 0 Å². The minimum Gasteiger partial charge on any atom is -0.356 e. The quantitative estimate of drug-likeness (QED) is 0.207. The van der Waals surface area contributed by atoms with Gasteiger partial charge in [-0.3, -0.25) is 9.79 Å². The molecule has 3 N–H and O–H groups in total. The minimum atomic E-state index is -0.0154. The van der Waals surface area contributed by atoms with E-state index in [-0.39, 0.29) is 35.9 Å². The molecule has 0 aromatic heterocycles. The summed E-state index contributed by atoms with van der Waals surface area (Å²) in [7, 11) is 1.78. The maximum Gasteiger partial charge on any atom is 0.251 e. The molecule has 6 heteroatoms. The van der Waals surface area contributed by atoms with E-state index in [9.17, 15) is 4.79 Å². The van der Waals surface area contributed by atoms with E-state index in [1.54, 1.807) is 7.05 Å². The van der Waals surface area contributed by atoms with E-state index >= 15 is 0 Å². The molecule has 0 saturated heterocycles. The zero-order valence-corrected chi connectivity index (χ0v) is 18.9. The van der Waals surface area contributed by atoms with Crippen molar-refractivity contribution in [2.75, 3.05) is 13.6 Å². The summed E-state index contributed by atoms with van der Waals surface area (Å²) in [6, 6.07) is 7.89. The van der Waals surface area contributed by atoms with Gasteiger partial charge in [0.25, 0.3) is 5.91 Å². The number of halogens is 1. The fourth-order valence-electron chi connectivity index (χ4n) is 2.35. The molecule has 0 spiro atoms. The number of nitrogens with zero attached hydrogens (tertiary/aromatic N) is 1. The second-order valence-electron chi connectivity index (χ2n) is 6.39. The zero-order chi connectivity index (χ0) is 18.5. The molecule has 0 aliphatic rings. The Morgan fingerprint density at radius 1 is 1.08 bits per heavy atom. The summed E-state index contributed by atoms with van der Waals surface area (Å²) < 4.78 is 0. The van der Waals surface area contributed by atoms with Crippen molar-refractivity contribution in [2.24, 2.45) is 4.99 Å². The lowest BCUT2D eigenvalue weighted by Crippen LogP contribution is -2.37. The van der Waals surface area contributed by atoms with Crippen LogP contribution >= 0.6 is 24.0 Å². The number of benzene rings is 1. The van der Waals surface area contributed by atoms with Crippen molar-refractivity contribution in [3.63, 3.8) is 0 Å². The first-order chi connectivity index (χ1) is 12.1. The average molecular weight is 474 g/mol. The molecule has 26 heavy (non-hydrogen) atoms. The van der Waals surface area contributed by atoms with E-state index in [2.05, 4.69) is 34.8 Å². The Morgan fingerprint density at radius 2 is 1.77 bits per heavy atom. The molecule has 0 radical (unpaired) electrons. The summed E-state index contributed by atoms with van der Waals surface area (Å²) in [5.41, 5.74) is 1.82. The number of aliphatic imine (C=N–C) groups is 1. The molecule has 0 bridgehead atoms. The molecule has 1 unspecified atom stereocenters. The van der Waals surface area contributed by atoms with Crippen LogP contribution in [0.15, 0.2) is 29.3 Å². The highest BCUT2D eigenvalue weighted by molar-refractivity contribution is 14.0. The first kappa shape index (κ1) is 24.7. The monoisotopic (exact) mass is 474 g/mol. The molecule has 0 fully saturated rings. The Kier molecular flexibility index (Phi) is 14.1. The minimum absolute atomic E-state index is 0. The van der Waals surface area contributed by atoms with Crippen LogP contribution in [0.1, 0.15) is 68.8 Å². The molecule has 0 heterocycles. The summed E-state index contributed by atoms with van der Waals surface area (Å²) in [4.78, 5) is 16.3. The number of carbonyl (C=O) groups is 1. The smallest absolute Gasteiger partial charge is 0.251 e. The maximum absolute atomic E-state index is 12.1. The predicted molar refractivity (Wildman–Crippen MR) is 121 cm³/mol. The van der Waals surface area contributed by atoms with Crippen molar-refractivity contribution >= 4 is 35.8 Å². The third-order valence-electron chi connectivity index (χ3n) is 4.21. The second-order valence-corrected chi connectivity index (χ2v) is 6.39. The van der Waals surface area contributed by atoms with Gasteiger partial charge in [0.05, 0.1) is 0 Å². The standard InChI is InChI=1S/C20H34N4O.HI/c1-5-7-8-9-14-22-20(21-4)23-15-17-10-12-18(13-11-17)19(25)24-16(3)6-2;/h10-13,16H,5-9,14-15H2,1-4H3,(H,24,25)(H2,21,22,23);1H. The lowest BCUT2D eigenvalue weighted by atomic mass is 10.1. The van der Waals surface area contributed by atoms with Crippen LogP contribution in [0, 0.1) is 0 Å². The van der Waals surface area contributed by atoms with Crippen molar-refractivity contribution < 1.29 is 4.79 Å². The molecular weight excluding hydrogens is 439 g/mol. The Labute approximate surface area is 175 Å². The molecule has 1 rings (SSSR count). The molecule has 1 aromatic carbocycles. The summed E-state index contributed by atoms with van der Waals surface area (Å²) >= 11 is 0. The number of carbonyl (C=O) groups excluding carboxylic acids is 1. The van der Waals surface area contributed by atoms with Gasteiger partial charge in [-0.2, -0.15) is 0 Å². The van der Waals surface area contributed by atoms with Crippen LogP contribution in [0.25, 0.3) is 0 Å². The molecule has 0 saturated carbocycles. The van der Waals surface area contributed by atoms with Crippen molar-refractivity contribution in [2.45, 2.75) is 65.5 Å².